The predicted octanol–water partition coefficient (Wildman–Crippen LogP) is 2.91. The third-order valence-corrected chi connectivity index (χ3v) is 2.62. The molecular weight excluding hydrogens is 230 g/mol. The van der Waals surface area contributed by atoms with Gasteiger partial charge in [-0.1, -0.05) is 6.92 Å². The second kappa shape index (κ2) is 5.31. The van der Waals surface area contributed by atoms with Crippen molar-refractivity contribution in [3.8, 4) is 0 Å². The molecule has 0 saturated carbocycles. The largest absolute Gasteiger partial charge is 0.469 e. The van der Waals surface area contributed by atoms with Crippen molar-refractivity contribution in [2.45, 2.75) is 13.3 Å². The average molecular weight is 243 g/mol. The molecule has 1 aromatic heterocycles. The molecule has 0 fully saturated rings. The van der Waals surface area contributed by atoms with Crippen molar-refractivity contribution in [3.63, 3.8) is 0 Å². The van der Waals surface area contributed by atoms with Crippen LogP contribution in [0.2, 0.25) is 0 Å². The second-order valence-electron chi connectivity index (χ2n) is 3.80. The maximum atomic E-state index is 12.0. The van der Waals surface area contributed by atoms with Crippen molar-refractivity contribution in [3.05, 3.63) is 53.5 Å². The van der Waals surface area contributed by atoms with Crippen LogP contribution >= 0.6 is 0 Å². The molecule has 1 heterocycles. The Morgan fingerprint density at radius 3 is 2.61 bits per heavy atom. The lowest BCUT2D eigenvalue weighted by Gasteiger charge is -2.04. The van der Waals surface area contributed by atoms with E-state index >= 15 is 0 Å². The van der Waals surface area contributed by atoms with Crippen LogP contribution in [-0.2, 0) is 6.42 Å². The number of anilines is 1. The van der Waals surface area contributed by atoms with Gasteiger partial charge >= 0.3 is 0 Å². The first-order valence-electron chi connectivity index (χ1n) is 5.67. The van der Waals surface area contributed by atoms with Crippen LogP contribution < -0.4 is 5.32 Å². The van der Waals surface area contributed by atoms with E-state index in [0.717, 1.165) is 6.29 Å². The fraction of sp³-hybridized carbons (Fsp3) is 0.143. The molecule has 1 aromatic carbocycles. The van der Waals surface area contributed by atoms with E-state index in [1.165, 1.54) is 6.26 Å². The monoisotopic (exact) mass is 243 g/mol. The van der Waals surface area contributed by atoms with Gasteiger partial charge in [0.15, 0.2) is 0 Å². The lowest BCUT2D eigenvalue weighted by molar-refractivity contribution is 0.102. The number of aldehydes is 1. The van der Waals surface area contributed by atoms with Gasteiger partial charge in [-0.25, -0.2) is 0 Å². The van der Waals surface area contributed by atoms with Crippen molar-refractivity contribution in [2.75, 3.05) is 5.32 Å². The molecule has 0 unspecified atom stereocenters. The molecule has 18 heavy (non-hydrogen) atoms. The maximum absolute atomic E-state index is 12.0. The first-order valence-corrected chi connectivity index (χ1v) is 5.67. The van der Waals surface area contributed by atoms with E-state index in [9.17, 15) is 9.59 Å². The summed E-state index contributed by atoms with van der Waals surface area (Å²) in [6.45, 7) is 1.93. The van der Waals surface area contributed by atoms with Gasteiger partial charge in [-0.05, 0) is 30.3 Å². The normalized spacial score (nSPS) is 10.1. The molecule has 4 heteroatoms. The van der Waals surface area contributed by atoms with Crippen molar-refractivity contribution in [1.29, 1.82) is 0 Å². The van der Waals surface area contributed by atoms with E-state index in [1.54, 1.807) is 30.3 Å². The second-order valence-corrected chi connectivity index (χ2v) is 3.80. The minimum absolute atomic E-state index is 0.209. The van der Waals surface area contributed by atoms with Crippen LogP contribution in [0.5, 0.6) is 0 Å². The number of hydrogen-bond donors (Lipinski definition) is 1. The van der Waals surface area contributed by atoms with Crippen LogP contribution in [0.25, 0.3) is 0 Å². The Hall–Kier alpha value is -2.36. The third kappa shape index (κ3) is 2.48. The zero-order chi connectivity index (χ0) is 13.0. The SMILES string of the molecule is CCc1occc1C(=O)Nc1ccc(C=O)cc1. The highest BCUT2D eigenvalue weighted by atomic mass is 16.3. The summed E-state index contributed by atoms with van der Waals surface area (Å²) in [5, 5.41) is 2.76. The molecule has 0 aliphatic rings. The van der Waals surface area contributed by atoms with E-state index in [1.807, 2.05) is 6.92 Å². The van der Waals surface area contributed by atoms with Crippen LogP contribution in [0.4, 0.5) is 5.69 Å². The summed E-state index contributed by atoms with van der Waals surface area (Å²) in [6.07, 6.45) is 2.93. The molecule has 0 bridgehead atoms. The van der Waals surface area contributed by atoms with Gasteiger partial charge in [-0.2, -0.15) is 0 Å². The Balaban J connectivity index is 2.13. The van der Waals surface area contributed by atoms with E-state index in [4.69, 9.17) is 4.42 Å². The fourth-order valence-electron chi connectivity index (χ4n) is 1.66. The quantitative estimate of drug-likeness (QED) is 0.840. The van der Waals surface area contributed by atoms with Crippen molar-refractivity contribution in [2.24, 2.45) is 0 Å². The Bertz CT molecular complexity index is 555. The Morgan fingerprint density at radius 1 is 1.28 bits per heavy atom. The number of furan rings is 1. The summed E-state index contributed by atoms with van der Waals surface area (Å²) in [7, 11) is 0. The number of benzene rings is 1. The number of amides is 1. The molecule has 92 valence electrons. The molecule has 0 spiro atoms. The molecule has 2 aromatic rings. The van der Waals surface area contributed by atoms with Gasteiger partial charge in [0.25, 0.3) is 5.91 Å². The fourth-order valence-corrected chi connectivity index (χ4v) is 1.66. The summed E-state index contributed by atoms with van der Waals surface area (Å²) < 4.78 is 5.20. The first-order chi connectivity index (χ1) is 8.74. The Labute approximate surface area is 105 Å². The van der Waals surface area contributed by atoms with Crippen LogP contribution in [-0.4, -0.2) is 12.2 Å². The lowest BCUT2D eigenvalue weighted by atomic mass is 10.2. The van der Waals surface area contributed by atoms with Crippen LogP contribution in [0.15, 0.2) is 41.0 Å². The number of aryl methyl sites for hydroxylation is 1. The highest BCUT2D eigenvalue weighted by molar-refractivity contribution is 6.05. The van der Waals surface area contributed by atoms with Gasteiger partial charge in [-0.15, -0.1) is 0 Å². The average Bonchev–Trinajstić information content (AvgIpc) is 2.88. The molecule has 0 saturated heterocycles. The number of hydrogen-bond acceptors (Lipinski definition) is 3. The molecular formula is C14H13NO3. The summed E-state index contributed by atoms with van der Waals surface area (Å²) in [6, 6.07) is 8.33. The van der Waals surface area contributed by atoms with Gasteiger partial charge in [0.1, 0.15) is 12.0 Å². The van der Waals surface area contributed by atoms with E-state index in [0.29, 0.717) is 29.0 Å². The van der Waals surface area contributed by atoms with Gasteiger partial charge in [0.05, 0.1) is 11.8 Å². The molecule has 2 rings (SSSR count). The van der Waals surface area contributed by atoms with Crippen molar-refractivity contribution in [1.82, 2.24) is 0 Å². The van der Waals surface area contributed by atoms with Gasteiger partial charge < -0.3 is 9.73 Å². The van der Waals surface area contributed by atoms with E-state index in [2.05, 4.69) is 5.32 Å². The smallest absolute Gasteiger partial charge is 0.259 e. The number of carbonyl (C=O) groups is 2. The van der Waals surface area contributed by atoms with Crippen molar-refractivity contribution < 1.29 is 14.0 Å². The zero-order valence-corrected chi connectivity index (χ0v) is 9.97. The zero-order valence-electron chi connectivity index (χ0n) is 9.97. The molecule has 0 radical (unpaired) electrons. The minimum atomic E-state index is -0.209. The van der Waals surface area contributed by atoms with Crippen LogP contribution in [0, 0.1) is 0 Å². The summed E-state index contributed by atoms with van der Waals surface area (Å²) in [5.74, 6) is 0.455. The number of rotatable bonds is 4. The van der Waals surface area contributed by atoms with E-state index < -0.39 is 0 Å². The molecule has 1 amide bonds. The predicted molar refractivity (Wildman–Crippen MR) is 67.9 cm³/mol. The molecule has 0 aliphatic carbocycles. The number of nitrogens with one attached hydrogen (secondary N) is 1. The minimum Gasteiger partial charge on any atom is -0.469 e. The summed E-state index contributed by atoms with van der Waals surface area (Å²) in [5.41, 5.74) is 1.76. The topological polar surface area (TPSA) is 59.3 Å². The summed E-state index contributed by atoms with van der Waals surface area (Å²) in [4.78, 5) is 22.5. The Morgan fingerprint density at radius 2 is 2.00 bits per heavy atom. The highest BCUT2D eigenvalue weighted by Crippen LogP contribution is 2.15. The van der Waals surface area contributed by atoms with Crippen molar-refractivity contribution >= 4 is 17.9 Å². The molecule has 0 atom stereocenters. The van der Waals surface area contributed by atoms with Gasteiger partial charge in [0, 0.05) is 17.7 Å². The highest BCUT2D eigenvalue weighted by Gasteiger charge is 2.13. The lowest BCUT2D eigenvalue weighted by Crippen LogP contribution is -2.12. The molecule has 4 nitrogen and oxygen atoms in total. The molecule has 0 aliphatic heterocycles. The Kier molecular flexibility index (Phi) is 3.57. The number of carbonyl (C=O) groups excluding carboxylic acids is 2. The van der Waals surface area contributed by atoms with E-state index in [-0.39, 0.29) is 5.91 Å². The van der Waals surface area contributed by atoms with Crippen LogP contribution in [0.3, 0.4) is 0 Å². The van der Waals surface area contributed by atoms with Gasteiger partial charge in [0.2, 0.25) is 0 Å². The summed E-state index contributed by atoms with van der Waals surface area (Å²) >= 11 is 0. The third-order valence-electron chi connectivity index (χ3n) is 2.62. The molecule has 1 N–H and O–H groups in total. The first kappa shape index (κ1) is 12.1. The maximum Gasteiger partial charge on any atom is 0.259 e. The standard InChI is InChI=1S/C14H13NO3/c1-2-13-12(7-8-18-13)14(17)15-11-5-3-10(9-16)4-6-11/h3-9H,2H2,1H3,(H,15,17). The van der Waals surface area contributed by atoms with Crippen LogP contribution in [0.1, 0.15) is 33.4 Å². The van der Waals surface area contributed by atoms with Gasteiger partial charge in [-0.3, -0.25) is 9.59 Å².